The van der Waals surface area contributed by atoms with Gasteiger partial charge in [0.1, 0.15) is 6.54 Å². The predicted molar refractivity (Wildman–Crippen MR) is 130 cm³/mol. The van der Waals surface area contributed by atoms with Crippen LogP contribution in [0.1, 0.15) is 12.5 Å². The second kappa shape index (κ2) is 14.8. The molecule has 27 heavy (non-hydrogen) atoms. The van der Waals surface area contributed by atoms with Crippen LogP contribution in [0.5, 0.6) is 0 Å². The molecule has 1 aromatic rings. The van der Waals surface area contributed by atoms with E-state index < -0.39 is 0 Å². The third-order valence-corrected chi connectivity index (χ3v) is 4.50. The van der Waals surface area contributed by atoms with Crippen LogP contribution in [-0.2, 0) is 4.79 Å². The summed E-state index contributed by atoms with van der Waals surface area (Å²) in [5.74, 6) is 1.67. The number of hydrogen-bond acceptors (Lipinski definition) is 4. The smallest absolute Gasteiger partial charge is 0.243 e. The second-order valence-corrected chi connectivity index (χ2v) is 7.20. The average molecular weight is 507 g/mol. The van der Waals surface area contributed by atoms with Crippen molar-refractivity contribution in [3.8, 4) is 0 Å². The van der Waals surface area contributed by atoms with Gasteiger partial charge in [-0.15, -0.1) is 24.0 Å². The number of nitrogens with one attached hydrogen (secondary N) is 2. The summed E-state index contributed by atoms with van der Waals surface area (Å²) < 4.78 is 0. The maximum atomic E-state index is 11.8. The van der Waals surface area contributed by atoms with E-state index in [9.17, 15) is 4.79 Å². The molecule has 2 N–H and O–H groups in total. The van der Waals surface area contributed by atoms with Gasteiger partial charge in [-0.1, -0.05) is 12.1 Å². The van der Waals surface area contributed by atoms with Crippen LogP contribution in [0.25, 0.3) is 0 Å². The van der Waals surface area contributed by atoms with Crippen LogP contribution in [0.4, 0.5) is 5.69 Å². The largest absolute Gasteiger partial charge is 0.370 e. The van der Waals surface area contributed by atoms with E-state index in [-0.39, 0.29) is 36.4 Å². The van der Waals surface area contributed by atoms with Crippen molar-refractivity contribution in [2.75, 3.05) is 63.7 Å². The number of benzene rings is 1. The number of likely N-dealkylation sites (N-methyl/N-ethyl adjacent to an activating group) is 2. The molecule has 0 heterocycles. The van der Waals surface area contributed by atoms with Gasteiger partial charge in [0.2, 0.25) is 5.91 Å². The van der Waals surface area contributed by atoms with Crippen LogP contribution in [0.3, 0.4) is 0 Å². The predicted octanol–water partition coefficient (Wildman–Crippen LogP) is 2.43. The highest BCUT2D eigenvalue weighted by atomic mass is 127. The molecule has 1 aromatic carbocycles. The van der Waals surface area contributed by atoms with Crippen molar-refractivity contribution < 1.29 is 4.79 Å². The van der Waals surface area contributed by atoms with Crippen molar-refractivity contribution in [3.05, 3.63) is 29.8 Å². The average Bonchev–Trinajstić information content (AvgIpc) is 2.62. The van der Waals surface area contributed by atoms with Crippen molar-refractivity contribution >= 4 is 53.3 Å². The summed E-state index contributed by atoms with van der Waals surface area (Å²) in [6.07, 6.45) is 2.07. The number of guanidine groups is 1. The highest BCUT2D eigenvalue weighted by molar-refractivity contribution is 14.0. The molecule has 0 saturated heterocycles. The van der Waals surface area contributed by atoms with Crippen molar-refractivity contribution in [1.29, 1.82) is 0 Å². The maximum Gasteiger partial charge on any atom is 0.243 e. The standard InChI is InChI=1S/C19H33N5OS.HI/c1-6-24(17-9-7-8-16(2)14-17)12-10-20-19(21-11-13-26-5)22-15-18(25)23(3)4;/h7-9,14H,6,10-13,15H2,1-5H3,(H2,20,21,22);1H. The van der Waals surface area contributed by atoms with Gasteiger partial charge in [0.15, 0.2) is 5.96 Å². The Hall–Kier alpha value is -1.16. The Morgan fingerprint density at radius 2 is 1.93 bits per heavy atom. The molecule has 0 fully saturated rings. The molecule has 0 saturated carbocycles. The number of aliphatic imine (C=N–C) groups is 1. The fourth-order valence-corrected chi connectivity index (χ4v) is 2.64. The van der Waals surface area contributed by atoms with Crippen LogP contribution >= 0.6 is 35.7 Å². The SMILES string of the molecule is CCN(CCNC(=NCC(=O)N(C)C)NCCSC)c1cccc(C)c1.I. The number of carbonyl (C=O) groups is 1. The molecule has 1 rings (SSSR count). The summed E-state index contributed by atoms with van der Waals surface area (Å²) >= 11 is 1.78. The van der Waals surface area contributed by atoms with Gasteiger partial charge >= 0.3 is 0 Å². The minimum Gasteiger partial charge on any atom is -0.370 e. The van der Waals surface area contributed by atoms with Gasteiger partial charge in [0.25, 0.3) is 0 Å². The van der Waals surface area contributed by atoms with E-state index >= 15 is 0 Å². The molecule has 0 spiro atoms. The zero-order valence-corrected chi connectivity index (χ0v) is 20.3. The van der Waals surface area contributed by atoms with E-state index in [4.69, 9.17) is 0 Å². The number of nitrogens with zero attached hydrogens (tertiary/aromatic N) is 3. The molecule has 1 amide bonds. The Morgan fingerprint density at radius 1 is 1.22 bits per heavy atom. The topological polar surface area (TPSA) is 60.0 Å². The first kappa shape index (κ1) is 25.8. The van der Waals surface area contributed by atoms with Crippen LogP contribution in [-0.4, -0.2) is 75.6 Å². The molecule has 0 atom stereocenters. The van der Waals surface area contributed by atoms with Gasteiger partial charge in [0.05, 0.1) is 0 Å². The van der Waals surface area contributed by atoms with E-state index in [1.807, 2.05) is 0 Å². The van der Waals surface area contributed by atoms with E-state index in [2.05, 4.69) is 64.9 Å². The van der Waals surface area contributed by atoms with E-state index in [1.54, 1.807) is 30.8 Å². The molecule has 8 heteroatoms. The van der Waals surface area contributed by atoms with Crippen molar-refractivity contribution in [3.63, 3.8) is 0 Å². The summed E-state index contributed by atoms with van der Waals surface area (Å²) in [7, 11) is 3.49. The van der Waals surface area contributed by atoms with Crippen LogP contribution in [0, 0.1) is 6.92 Å². The van der Waals surface area contributed by atoms with Crippen molar-refractivity contribution in [2.24, 2.45) is 4.99 Å². The summed E-state index contributed by atoms with van der Waals surface area (Å²) in [5, 5.41) is 6.62. The molecule has 0 aliphatic carbocycles. The Morgan fingerprint density at radius 3 is 2.52 bits per heavy atom. The molecular formula is C19H34IN5OS. The second-order valence-electron chi connectivity index (χ2n) is 6.22. The fraction of sp³-hybridized carbons (Fsp3) is 0.579. The third-order valence-electron chi connectivity index (χ3n) is 3.89. The van der Waals surface area contributed by atoms with Crippen molar-refractivity contribution in [2.45, 2.75) is 13.8 Å². The number of aryl methyl sites for hydroxylation is 1. The molecule has 0 aromatic heterocycles. The van der Waals surface area contributed by atoms with Gasteiger partial charge in [-0.25, -0.2) is 4.99 Å². The number of carbonyl (C=O) groups excluding carboxylic acids is 1. The van der Waals surface area contributed by atoms with Gasteiger partial charge < -0.3 is 20.4 Å². The Balaban J connectivity index is 0.00000676. The molecule has 0 aliphatic rings. The lowest BCUT2D eigenvalue weighted by molar-refractivity contribution is -0.127. The quantitative estimate of drug-likeness (QED) is 0.221. The monoisotopic (exact) mass is 507 g/mol. The molecule has 0 radical (unpaired) electrons. The van der Waals surface area contributed by atoms with E-state index in [1.165, 1.54) is 11.3 Å². The normalized spacial score (nSPS) is 10.8. The number of hydrogen-bond donors (Lipinski definition) is 2. The number of anilines is 1. The minimum atomic E-state index is -0.00841. The minimum absolute atomic E-state index is 0. The third kappa shape index (κ3) is 10.7. The van der Waals surface area contributed by atoms with E-state index in [0.717, 1.165) is 31.9 Å². The van der Waals surface area contributed by atoms with Gasteiger partial charge in [0, 0.05) is 51.7 Å². The number of rotatable bonds is 10. The fourth-order valence-electron chi connectivity index (χ4n) is 2.34. The van der Waals surface area contributed by atoms with E-state index in [0.29, 0.717) is 5.96 Å². The molecule has 0 unspecified atom stereocenters. The van der Waals surface area contributed by atoms with Gasteiger partial charge in [-0.2, -0.15) is 11.8 Å². The van der Waals surface area contributed by atoms with Crippen LogP contribution < -0.4 is 15.5 Å². The first-order valence-corrected chi connectivity index (χ1v) is 10.4. The zero-order chi connectivity index (χ0) is 19.4. The molecule has 6 nitrogen and oxygen atoms in total. The Bertz CT molecular complexity index is 583. The van der Waals surface area contributed by atoms with Crippen LogP contribution in [0.15, 0.2) is 29.3 Å². The molecule has 0 bridgehead atoms. The Labute approximate surface area is 185 Å². The van der Waals surface area contributed by atoms with Crippen molar-refractivity contribution in [1.82, 2.24) is 15.5 Å². The molecule has 154 valence electrons. The maximum absolute atomic E-state index is 11.8. The summed E-state index contributed by atoms with van der Waals surface area (Å²) in [6.45, 7) is 7.79. The number of halogens is 1. The molecular weight excluding hydrogens is 473 g/mol. The summed E-state index contributed by atoms with van der Waals surface area (Å²) in [6, 6.07) is 8.53. The summed E-state index contributed by atoms with van der Waals surface area (Å²) in [5.41, 5.74) is 2.49. The highest BCUT2D eigenvalue weighted by Crippen LogP contribution is 2.14. The lowest BCUT2D eigenvalue weighted by Crippen LogP contribution is -2.43. The van der Waals surface area contributed by atoms with Crippen LogP contribution in [0.2, 0.25) is 0 Å². The van der Waals surface area contributed by atoms with Gasteiger partial charge in [-0.05, 0) is 37.8 Å². The first-order valence-electron chi connectivity index (χ1n) is 9.00. The zero-order valence-electron chi connectivity index (χ0n) is 17.1. The summed E-state index contributed by atoms with van der Waals surface area (Å²) in [4.78, 5) is 20.1. The highest BCUT2D eigenvalue weighted by Gasteiger charge is 2.07. The number of thioether (sulfide) groups is 1. The lowest BCUT2D eigenvalue weighted by Gasteiger charge is -2.24. The Kier molecular flexibility index (Phi) is 14.2. The van der Waals surface area contributed by atoms with Gasteiger partial charge in [-0.3, -0.25) is 4.79 Å². The molecule has 0 aliphatic heterocycles. The first-order chi connectivity index (χ1) is 12.5. The number of amides is 1. The lowest BCUT2D eigenvalue weighted by atomic mass is 10.2.